The van der Waals surface area contributed by atoms with E-state index in [1.165, 1.54) is 0 Å². The minimum absolute atomic E-state index is 0.0450. The van der Waals surface area contributed by atoms with Crippen molar-refractivity contribution in [1.82, 2.24) is 5.32 Å². The number of aliphatic hydroxyl groups is 1. The van der Waals surface area contributed by atoms with Crippen LogP contribution >= 0.6 is 0 Å². The lowest BCUT2D eigenvalue weighted by molar-refractivity contribution is 0.113. The molecule has 0 amide bonds. The fraction of sp³-hybridized carbons (Fsp3) is 0.562. The van der Waals surface area contributed by atoms with Crippen LogP contribution in [-0.4, -0.2) is 25.4 Å². The van der Waals surface area contributed by atoms with Gasteiger partial charge in [0.15, 0.2) is 0 Å². The van der Waals surface area contributed by atoms with E-state index in [0.717, 1.165) is 24.9 Å². The van der Waals surface area contributed by atoms with Gasteiger partial charge in [0.25, 0.3) is 0 Å². The Morgan fingerprint density at radius 2 is 2.05 bits per heavy atom. The van der Waals surface area contributed by atoms with Crippen LogP contribution in [0.4, 0.5) is 0 Å². The smallest absolute Gasteiger partial charge is 0.136 e. The molecule has 0 saturated carbocycles. The Morgan fingerprint density at radius 3 is 2.55 bits per heavy atom. The van der Waals surface area contributed by atoms with Gasteiger partial charge in [0.1, 0.15) is 11.8 Å². The minimum atomic E-state index is -0.0450. The molecular weight excluding hydrogens is 252 g/mol. The quantitative estimate of drug-likeness (QED) is 0.765. The normalized spacial score (nSPS) is 11.2. The monoisotopic (exact) mass is 276 g/mol. The zero-order chi connectivity index (χ0) is 15.0. The second-order valence-electron chi connectivity index (χ2n) is 5.12. The van der Waals surface area contributed by atoms with E-state index in [1.807, 2.05) is 12.1 Å². The molecule has 0 aromatic heterocycles. The molecular formula is C16H24N2O2. The predicted octanol–water partition coefficient (Wildman–Crippen LogP) is 2.46. The van der Waals surface area contributed by atoms with Gasteiger partial charge in [-0.1, -0.05) is 19.9 Å². The Kier molecular flexibility index (Phi) is 6.50. The van der Waals surface area contributed by atoms with Crippen LogP contribution in [0.25, 0.3) is 0 Å². The molecule has 110 valence electrons. The fourth-order valence-corrected chi connectivity index (χ4v) is 2.19. The maximum absolute atomic E-state index is 9.53. The molecule has 0 aliphatic heterocycles. The highest BCUT2D eigenvalue weighted by atomic mass is 16.5. The topological polar surface area (TPSA) is 65.3 Å². The number of benzene rings is 1. The van der Waals surface area contributed by atoms with Crippen LogP contribution in [0.15, 0.2) is 18.2 Å². The van der Waals surface area contributed by atoms with Crippen LogP contribution in [0.5, 0.6) is 5.75 Å². The van der Waals surface area contributed by atoms with E-state index in [1.54, 1.807) is 13.2 Å². The average Bonchev–Trinajstić information content (AvgIpc) is 2.51. The molecule has 0 spiro atoms. The van der Waals surface area contributed by atoms with Crippen LogP contribution in [0.2, 0.25) is 0 Å². The maximum atomic E-state index is 9.53. The van der Waals surface area contributed by atoms with Gasteiger partial charge >= 0.3 is 0 Å². The number of aliphatic hydroxyl groups excluding tert-OH is 1. The van der Waals surface area contributed by atoms with E-state index in [2.05, 4.69) is 25.2 Å². The zero-order valence-corrected chi connectivity index (χ0v) is 12.6. The van der Waals surface area contributed by atoms with Crippen molar-refractivity contribution in [2.75, 3.05) is 20.3 Å². The van der Waals surface area contributed by atoms with Gasteiger partial charge in [0.05, 0.1) is 12.7 Å². The fourth-order valence-electron chi connectivity index (χ4n) is 2.19. The first-order valence-electron chi connectivity index (χ1n) is 7.03. The summed E-state index contributed by atoms with van der Waals surface area (Å²) in [6, 6.07) is 7.68. The lowest BCUT2D eigenvalue weighted by Gasteiger charge is -2.29. The summed E-state index contributed by atoms with van der Waals surface area (Å²) in [4.78, 5) is 0. The van der Waals surface area contributed by atoms with E-state index in [-0.39, 0.29) is 12.0 Å². The predicted molar refractivity (Wildman–Crippen MR) is 79.5 cm³/mol. The van der Waals surface area contributed by atoms with E-state index in [9.17, 15) is 5.11 Å². The van der Waals surface area contributed by atoms with Crippen LogP contribution in [0, 0.1) is 16.7 Å². The Labute approximate surface area is 121 Å². The first-order chi connectivity index (χ1) is 9.64. The molecule has 0 unspecified atom stereocenters. The number of nitrogens with zero attached hydrogens (tertiary/aromatic N) is 1. The van der Waals surface area contributed by atoms with E-state index in [4.69, 9.17) is 10.00 Å². The molecule has 1 aromatic rings. The molecule has 4 heteroatoms. The van der Waals surface area contributed by atoms with Crippen molar-refractivity contribution in [2.45, 2.75) is 33.2 Å². The Bertz CT molecular complexity index is 454. The van der Waals surface area contributed by atoms with Crippen LogP contribution in [0.3, 0.4) is 0 Å². The standard InChI is InChI=1S/C16H24N2O2/c1-4-16(5-2,12-19)11-18-10-13-6-7-14(9-17)15(8-13)20-3/h6-8,18-19H,4-5,10-12H2,1-3H3. The molecule has 1 rings (SSSR count). The molecule has 0 aliphatic rings. The first-order valence-corrected chi connectivity index (χ1v) is 7.03. The number of nitriles is 1. The summed E-state index contributed by atoms with van der Waals surface area (Å²) in [6.07, 6.45) is 1.90. The van der Waals surface area contributed by atoms with Crippen molar-refractivity contribution >= 4 is 0 Å². The third-order valence-electron chi connectivity index (χ3n) is 4.05. The number of ether oxygens (including phenoxy) is 1. The van der Waals surface area contributed by atoms with Gasteiger partial charge in [-0.3, -0.25) is 0 Å². The minimum Gasteiger partial charge on any atom is -0.495 e. The largest absolute Gasteiger partial charge is 0.495 e. The Morgan fingerprint density at radius 1 is 1.35 bits per heavy atom. The lowest BCUT2D eigenvalue weighted by atomic mass is 9.83. The molecule has 0 radical (unpaired) electrons. The highest BCUT2D eigenvalue weighted by Crippen LogP contribution is 2.25. The van der Waals surface area contributed by atoms with Crippen molar-refractivity contribution in [3.63, 3.8) is 0 Å². The second kappa shape index (κ2) is 7.88. The molecule has 4 nitrogen and oxygen atoms in total. The number of methoxy groups -OCH3 is 1. The molecule has 0 saturated heterocycles. The van der Waals surface area contributed by atoms with Crippen LogP contribution < -0.4 is 10.1 Å². The maximum Gasteiger partial charge on any atom is 0.136 e. The molecule has 0 aliphatic carbocycles. The molecule has 2 N–H and O–H groups in total. The van der Waals surface area contributed by atoms with Gasteiger partial charge in [0, 0.05) is 25.1 Å². The highest BCUT2D eigenvalue weighted by molar-refractivity contribution is 5.45. The summed E-state index contributed by atoms with van der Waals surface area (Å²) in [5, 5.41) is 21.9. The first kappa shape index (κ1) is 16.5. The summed E-state index contributed by atoms with van der Waals surface area (Å²) < 4.78 is 5.20. The molecule has 0 fully saturated rings. The Hall–Kier alpha value is -1.57. The molecule has 1 aromatic carbocycles. The Balaban J connectivity index is 2.65. The SMILES string of the molecule is CCC(CC)(CO)CNCc1ccc(C#N)c(OC)c1. The van der Waals surface area contributed by atoms with Crippen molar-refractivity contribution < 1.29 is 9.84 Å². The van der Waals surface area contributed by atoms with Gasteiger partial charge in [-0.15, -0.1) is 0 Å². The number of rotatable bonds is 8. The molecule has 20 heavy (non-hydrogen) atoms. The van der Waals surface area contributed by atoms with Gasteiger partial charge in [0.2, 0.25) is 0 Å². The number of hydrogen-bond donors (Lipinski definition) is 2. The van der Waals surface area contributed by atoms with Crippen LogP contribution in [0.1, 0.15) is 37.8 Å². The zero-order valence-electron chi connectivity index (χ0n) is 12.6. The van der Waals surface area contributed by atoms with Crippen molar-refractivity contribution in [3.05, 3.63) is 29.3 Å². The molecule has 0 bridgehead atoms. The van der Waals surface area contributed by atoms with Crippen LogP contribution in [-0.2, 0) is 6.54 Å². The van der Waals surface area contributed by atoms with Gasteiger partial charge in [-0.25, -0.2) is 0 Å². The lowest BCUT2D eigenvalue weighted by Crippen LogP contribution is -2.36. The summed E-state index contributed by atoms with van der Waals surface area (Å²) in [5.41, 5.74) is 1.57. The van der Waals surface area contributed by atoms with Gasteiger partial charge in [-0.2, -0.15) is 5.26 Å². The number of nitrogens with one attached hydrogen (secondary N) is 1. The van der Waals surface area contributed by atoms with Crippen molar-refractivity contribution in [1.29, 1.82) is 5.26 Å². The average molecular weight is 276 g/mol. The van der Waals surface area contributed by atoms with Gasteiger partial charge < -0.3 is 15.2 Å². The van der Waals surface area contributed by atoms with Crippen molar-refractivity contribution in [2.24, 2.45) is 5.41 Å². The third kappa shape index (κ3) is 3.96. The number of hydrogen-bond acceptors (Lipinski definition) is 4. The molecule has 0 heterocycles. The highest BCUT2D eigenvalue weighted by Gasteiger charge is 2.24. The van der Waals surface area contributed by atoms with E-state index >= 15 is 0 Å². The third-order valence-corrected chi connectivity index (χ3v) is 4.05. The summed E-state index contributed by atoms with van der Waals surface area (Å²) in [5.74, 6) is 0.603. The van der Waals surface area contributed by atoms with E-state index < -0.39 is 0 Å². The van der Waals surface area contributed by atoms with Crippen molar-refractivity contribution in [3.8, 4) is 11.8 Å². The summed E-state index contributed by atoms with van der Waals surface area (Å²) >= 11 is 0. The van der Waals surface area contributed by atoms with E-state index in [0.29, 0.717) is 17.9 Å². The summed E-state index contributed by atoms with van der Waals surface area (Å²) in [7, 11) is 1.57. The second-order valence-corrected chi connectivity index (χ2v) is 5.12. The molecule has 0 atom stereocenters. The summed E-state index contributed by atoms with van der Waals surface area (Å²) in [6.45, 7) is 5.88. The van der Waals surface area contributed by atoms with Gasteiger partial charge in [-0.05, 0) is 30.5 Å².